The third-order valence-corrected chi connectivity index (χ3v) is 1.60. The molecule has 2 N–H and O–H groups in total. The van der Waals surface area contributed by atoms with Gasteiger partial charge in [-0.1, -0.05) is 18.2 Å². The first-order valence-electron chi connectivity index (χ1n) is 4.16. The number of carbonyl (C=O) groups is 1. The Kier molecular flexibility index (Phi) is 3.82. The molecule has 0 aliphatic rings. The average molecular weight is 193 g/mol. The van der Waals surface area contributed by atoms with E-state index in [1.165, 1.54) is 0 Å². The van der Waals surface area contributed by atoms with Gasteiger partial charge in [0.2, 0.25) is 0 Å². The van der Waals surface area contributed by atoms with E-state index in [-0.39, 0.29) is 13.0 Å². The van der Waals surface area contributed by atoms with E-state index in [1.54, 1.807) is 30.5 Å². The van der Waals surface area contributed by atoms with Gasteiger partial charge in [-0.05, 0) is 11.6 Å². The number of hydrogen-bond acceptors (Lipinski definition) is 3. The molecule has 1 aromatic rings. The van der Waals surface area contributed by atoms with Crippen LogP contribution in [0, 0.1) is 0 Å². The van der Waals surface area contributed by atoms with Crippen LogP contribution in [0.1, 0.15) is 11.3 Å². The Morgan fingerprint density at radius 1 is 1.50 bits per heavy atom. The predicted octanol–water partition coefficient (Wildman–Crippen LogP) is 0.714. The van der Waals surface area contributed by atoms with Crippen molar-refractivity contribution in [2.45, 2.75) is 6.42 Å². The van der Waals surface area contributed by atoms with E-state index < -0.39 is 5.97 Å². The Labute approximate surface area is 81.5 Å². The largest absolute Gasteiger partial charge is 0.481 e. The maximum absolute atomic E-state index is 10.3. The highest BCUT2D eigenvalue weighted by molar-refractivity contribution is 5.69. The standard InChI is InChI=1S/C10H11NO3/c12-5-1-2-8-3-4-9(11-7-8)6-10(13)14/h1-4,7,12H,5-6H2,(H,13,14). The molecule has 0 spiro atoms. The smallest absolute Gasteiger partial charge is 0.309 e. The van der Waals surface area contributed by atoms with Gasteiger partial charge in [-0.2, -0.15) is 0 Å². The lowest BCUT2D eigenvalue weighted by molar-refractivity contribution is -0.136. The number of pyridine rings is 1. The van der Waals surface area contributed by atoms with Crippen LogP contribution in [0.4, 0.5) is 0 Å². The van der Waals surface area contributed by atoms with Crippen molar-refractivity contribution in [1.82, 2.24) is 4.98 Å². The van der Waals surface area contributed by atoms with Crippen molar-refractivity contribution in [3.63, 3.8) is 0 Å². The van der Waals surface area contributed by atoms with Gasteiger partial charge in [-0.25, -0.2) is 0 Å². The van der Waals surface area contributed by atoms with Gasteiger partial charge in [0.05, 0.1) is 18.7 Å². The van der Waals surface area contributed by atoms with Crippen LogP contribution in [0.5, 0.6) is 0 Å². The Balaban J connectivity index is 2.68. The summed E-state index contributed by atoms with van der Waals surface area (Å²) in [6.07, 6.45) is 4.82. The van der Waals surface area contributed by atoms with Crippen molar-refractivity contribution in [1.29, 1.82) is 0 Å². The highest BCUT2D eigenvalue weighted by Gasteiger charge is 2.00. The summed E-state index contributed by atoms with van der Waals surface area (Å²) in [6.45, 7) is -0.0170. The van der Waals surface area contributed by atoms with Crippen LogP contribution in [0.15, 0.2) is 24.4 Å². The second-order valence-corrected chi connectivity index (χ2v) is 2.74. The highest BCUT2D eigenvalue weighted by atomic mass is 16.4. The molecule has 4 nitrogen and oxygen atoms in total. The molecule has 0 amide bonds. The van der Waals surface area contributed by atoms with Gasteiger partial charge < -0.3 is 10.2 Å². The molecular weight excluding hydrogens is 182 g/mol. The Bertz CT molecular complexity index is 330. The van der Waals surface area contributed by atoms with Crippen LogP contribution in [0.2, 0.25) is 0 Å². The molecule has 74 valence electrons. The molecule has 0 atom stereocenters. The fraction of sp³-hybridized carbons (Fsp3) is 0.200. The maximum Gasteiger partial charge on any atom is 0.309 e. The van der Waals surface area contributed by atoms with Crippen LogP contribution in [0.25, 0.3) is 6.08 Å². The molecule has 0 saturated carbocycles. The molecule has 0 radical (unpaired) electrons. The number of hydrogen-bond donors (Lipinski definition) is 2. The summed E-state index contributed by atoms with van der Waals surface area (Å²) in [5.41, 5.74) is 1.37. The minimum absolute atomic E-state index is 0.0170. The molecular formula is C10H11NO3. The first-order valence-corrected chi connectivity index (χ1v) is 4.16. The van der Waals surface area contributed by atoms with Crippen LogP contribution < -0.4 is 0 Å². The van der Waals surface area contributed by atoms with Gasteiger partial charge in [0.15, 0.2) is 0 Å². The summed E-state index contributed by atoms with van der Waals surface area (Å²) < 4.78 is 0. The second-order valence-electron chi connectivity index (χ2n) is 2.74. The lowest BCUT2D eigenvalue weighted by atomic mass is 10.2. The third-order valence-electron chi connectivity index (χ3n) is 1.60. The zero-order chi connectivity index (χ0) is 10.4. The lowest BCUT2D eigenvalue weighted by Gasteiger charge is -1.96. The van der Waals surface area contributed by atoms with Gasteiger partial charge in [0, 0.05) is 6.20 Å². The zero-order valence-electron chi connectivity index (χ0n) is 7.55. The fourth-order valence-corrected chi connectivity index (χ4v) is 0.983. The molecule has 0 saturated heterocycles. The van der Waals surface area contributed by atoms with Crippen molar-refractivity contribution >= 4 is 12.0 Å². The van der Waals surface area contributed by atoms with E-state index in [1.807, 2.05) is 0 Å². The van der Waals surface area contributed by atoms with Gasteiger partial charge in [0.25, 0.3) is 0 Å². The molecule has 0 aromatic carbocycles. The van der Waals surface area contributed by atoms with E-state index in [0.29, 0.717) is 5.69 Å². The molecule has 0 aliphatic heterocycles. The number of aliphatic hydroxyl groups is 1. The molecule has 0 unspecified atom stereocenters. The van der Waals surface area contributed by atoms with E-state index in [2.05, 4.69) is 4.98 Å². The topological polar surface area (TPSA) is 70.4 Å². The minimum atomic E-state index is -0.892. The van der Waals surface area contributed by atoms with Gasteiger partial charge in [0.1, 0.15) is 0 Å². The van der Waals surface area contributed by atoms with Gasteiger partial charge >= 0.3 is 5.97 Å². The second kappa shape index (κ2) is 5.14. The third kappa shape index (κ3) is 3.37. The Hall–Kier alpha value is -1.68. The average Bonchev–Trinajstić information content (AvgIpc) is 2.16. The number of rotatable bonds is 4. The Morgan fingerprint density at radius 3 is 2.79 bits per heavy atom. The first kappa shape index (κ1) is 10.4. The summed E-state index contributed by atoms with van der Waals surface area (Å²) >= 11 is 0. The van der Waals surface area contributed by atoms with E-state index >= 15 is 0 Å². The molecule has 1 aromatic heterocycles. The van der Waals surface area contributed by atoms with Gasteiger partial charge in [-0.3, -0.25) is 9.78 Å². The van der Waals surface area contributed by atoms with Crippen molar-refractivity contribution < 1.29 is 15.0 Å². The minimum Gasteiger partial charge on any atom is -0.481 e. The number of nitrogens with zero attached hydrogens (tertiary/aromatic N) is 1. The SMILES string of the molecule is O=C(O)Cc1ccc(C=CCO)cn1. The summed E-state index contributed by atoms with van der Waals surface area (Å²) in [4.78, 5) is 14.3. The van der Waals surface area contributed by atoms with Crippen LogP contribution in [0.3, 0.4) is 0 Å². The summed E-state index contributed by atoms with van der Waals surface area (Å²) in [5, 5.41) is 17.0. The van der Waals surface area contributed by atoms with Crippen molar-refractivity contribution in [2.24, 2.45) is 0 Å². The fourth-order valence-electron chi connectivity index (χ4n) is 0.983. The molecule has 1 heterocycles. The lowest BCUT2D eigenvalue weighted by Crippen LogP contribution is -2.01. The maximum atomic E-state index is 10.3. The number of aromatic nitrogens is 1. The molecule has 0 fully saturated rings. The van der Waals surface area contributed by atoms with Crippen LogP contribution in [-0.4, -0.2) is 27.8 Å². The number of aliphatic carboxylic acids is 1. The van der Waals surface area contributed by atoms with Crippen molar-refractivity contribution in [3.05, 3.63) is 35.7 Å². The van der Waals surface area contributed by atoms with Crippen LogP contribution >= 0.6 is 0 Å². The summed E-state index contributed by atoms with van der Waals surface area (Å²) in [6, 6.07) is 3.42. The quantitative estimate of drug-likeness (QED) is 0.739. The molecule has 14 heavy (non-hydrogen) atoms. The van der Waals surface area contributed by atoms with Crippen LogP contribution in [-0.2, 0) is 11.2 Å². The molecule has 0 bridgehead atoms. The summed E-state index contributed by atoms with van der Waals surface area (Å²) in [7, 11) is 0. The molecule has 1 rings (SSSR count). The molecule has 0 aliphatic carbocycles. The monoisotopic (exact) mass is 193 g/mol. The van der Waals surface area contributed by atoms with Gasteiger partial charge in [-0.15, -0.1) is 0 Å². The van der Waals surface area contributed by atoms with E-state index in [4.69, 9.17) is 10.2 Å². The zero-order valence-corrected chi connectivity index (χ0v) is 7.55. The highest BCUT2D eigenvalue weighted by Crippen LogP contribution is 2.02. The normalized spacial score (nSPS) is 10.6. The Morgan fingerprint density at radius 2 is 2.29 bits per heavy atom. The van der Waals surface area contributed by atoms with E-state index in [0.717, 1.165) is 5.56 Å². The first-order chi connectivity index (χ1) is 6.72. The van der Waals surface area contributed by atoms with E-state index in [9.17, 15) is 4.79 Å². The number of aliphatic hydroxyl groups excluding tert-OH is 1. The number of carboxylic acids is 1. The van der Waals surface area contributed by atoms with Crippen molar-refractivity contribution in [3.8, 4) is 0 Å². The van der Waals surface area contributed by atoms with Crippen molar-refractivity contribution in [2.75, 3.05) is 6.61 Å². The number of carboxylic acid groups (broad SMARTS) is 1. The summed E-state index contributed by atoms with van der Waals surface area (Å²) in [5.74, 6) is -0.892. The predicted molar refractivity (Wildman–Crippen MR) is 51.7 cm³/mol. The molecule has 4 heteroatoms.